The van der Waals surface area contributed by atoms with Gasteiger partial charge in [-0.15, -0.1) is 0 Å². The molecule has 0 unspecified atom stereocenters. The Balaban J connectivity index is 2.60. The van der Waals surface area contributed by atoms with E-state index in [9.17, 15) is 4.79 Å². The predicted molar refractivity (Wildman–Crippen MR) is 60.3 cm³/mol. The van der Waals surface area contributed by atoms with Crippen LogP contribution in [0, 0.1) is 6.92 Å². The Hall–Kier alpha value is -1.81. The molecule has 0 aliphatic carbocycles. The molecule has 0 saturated heterocycles. The molecule has 2 aromatic rings. The van der Waals surface area contributed by atoms with Crippen LogP contribution in [0.25, 0.3) is 5.69 Å². The lowest BCUT2D eigenvalue weighted by Crippen LogP contribution is -2.05. The van der Waals surface area contributed by atoms with E-state index in [2.05, 4.69) is 5.10 Å². The number of carbonyl (C=O) groups is 1. The van der Waals surface area contributed by atoms with Crippen LogP contribution in [-0.2, 0) is 0 Å². The number of halogens is 1. The van der Waals surface area contributed by atoms with E-state index in [4.69, 9.17) is 16.7 Å². The number of benzene rings is 1. The van der Waals surface area contributed by atoms with E-state index >= 15 is 0 Å². The maximum atomic E-state index is 11.1. The van der Waals surface area contributed by atoms with Gasteiger partial charge in [0.15, 0.2) is 0 Å². The Kier molecular flexibility index (Phi) is 2.66. The van der Waals surface area contributed by atoms with Crippen LogP contribution in [0.1, 0.15) is 16.1 Å². The fourth-order valence-corrected chi connectivity index (χ4v) is 1.60. The van der Waals surface area contributed by atoms with E-state index in [-0.39, 0.29) is 5.56 Å². The summed E-state index contributed by atoms with van der Waals surface area (Å²) in [6, 6.07) is 6.50. The lowest BCUT2D eigenvalue weighted by atomic mass is 10.2. The molecule has 0 spiro atoms. The standard InChI is InChI=1S/C11H9ClN2O2/c1-7-4-5-14(13-7)10-3-2-8(12)6-9(10)11(15)16/h2-6H,1H3,(H,15,16). The molecule has 0 radical (unpaired) electrons. The van der Waals surface area contributed by atoms with Gasteiger partial charge in [-0.1, -0.05) is 11.6 Å². The van der Waals surface area contributed by atoms with Crippen LogP contribution in [0.3, 0.4) is 0 Å². The molecule has 0 saturated carbocycles. The fraction of sp³-hybridized carbons (Fsp3) is 0.0909. The summed E-state index contributed by atoms with van der Waals surface area (Å²) in [5.74, 6) is -1.02. The molecule has 0 bridgehead atoms. The lowest BCUT2D eigenvalue weighted by molar-refractivity contribution is 0.0696. The number of carboxylic acid groups (broad SMARTS) is 1. The topological polar surface area (TPSA) is 55.1 Å². The minimum Gasteiger partial charge on any atom is -0.478 e. The summed E-state index contributed by atoms with van der Waals surface area (Å²) in [6.07, 6.45) is 1.71. The van der Waals surface area contributed by atoms with Gasteiger partial charge in [0.1, 0.15) is 0 Å². The van der Waals surface area contributed by atoms with Gasteiger partial charge in [-0.05, 0) is 31.2 Å². The van der Waals surface area contributed by atoms with Gasteiger partial charge >= 0.3 is 5.97 Å². The highest BCUT2D eigenvalue weighted by atomic mass is 35.5. The minimum atomic E-state index is -1.02. The van der Waals surface area contributed by atoms with Crippen molar-refractivity contribution in [2.24, 2.45) is 0 Å². The SMILES string of the molecule is Cc1ccn(-c2ccc(Cl)cc2C(=O)O)n1. The number of hydrogen-bond donors (Lipinski definition) is 1. The van der Waals surface area contributed by atoms with Crippen molar-refractivity contribution in [1.29, 1.82) is 0 Å². The second-order valence-electron chi connectivity index (χ2n) is 3.37. The summed E-state index contributed by atoms with van der Waals surface area (Å²) in [4.78, 5) is 11.1. The number of carboxylic acids is 1. The molecule has 0 aliphatic heterocycles. The molecule has 82 valence electrons. The zero-order valence-corrected chi connectivity index (χ0v) is 9.27. The van der Waals surface area contributed by atoms with Gasteiger partial charge in [0.2, 0.25) is 0 Å². The minimum absolute atomic E-state index is 0.135. The average molecular weight is 237 g/mol. The predicted octanol–water partition coefficient (Wildman–Crippen LogP) is 2.53. The second-order valence-corrected chi connectivity index (χ2v) is 3.80. The first-order valence-electron chi connectivity index (χ1n) is 4.63. The molecule has 0 aliphatic rings. The van der Waals surface area contributed by atoms with Crippen molar-refractivity contribution in [1.82, 2.24) is 9.78 Å². The van der Waals surface area contributed by atoms with E-state index in [1.165, 1.54) is 10.7 Å². The molecule has 1 aromatic carbocycles. The van der Waals surface area contributed by atoms with Crippen LogP contribution in [0.15, 0.2) is 30.5 Å². The van der Waals surface area contributed by atoms with Crippen molar-refractivity contribution in [3.63, 3.8) is 0 Å². The highest BCUT2D eigenvalue weighted by molar-refractivity contribution is 6.31. The van der Waals surface area contributed by atoms with Gasteiger partial charge in [0.25, 0.3) is 0 Å². The van der Waals surface area contributed by atoms with Crippen LogP contribution < -0.4 is 0 Å². The highest BCUT2D eigenvalue weighted by Crippen LogP contribution is 2.19. The number of rotatable bonds is 2. The molecule has 1 aromatic heterocycles. The number of hydrogen-bond acceptors (Lipinski definition) is 2. The monoisotopic (exact) mass is 236 g/mol. The van der Waals surface area contributed by atoms with Crippen molar-refractivity contribution in [2.45, 2.75) is 6.92 Å². The van der Waals surface area contributed by atoms with Crippen molar-refractivity contribution in [3.05, 3.63) is 46.7 Å². The average Bonchev–Trinajstić information content (AvgIpc) is 2.64. The molecule has 1 N–H and O–H groups in total. The van der Waals surface area contributed by atoms with Crippen molar-refractivity contribution in [3.8, 4) is 5.69 Å². The van der Waals surface area contributed by atoms with Crippen LogP contribution in [0.2, 0.25) is 5.02 Å². The van der Waals surface area contributed by atoms with Crippen molar-refractivity contribution in [2.75, 3.05) is 0 Å². The van der Waals surface area contributed by atoms with E-state index in [1.807, 2.05) is 6.92 Å². The molecule has 0 atom stereocenters. The fourth-order valence-electron chi connectivity index (χ4n) is 1.43. The zero-order chi connectivity index (χ0) is 11.7. The third kappa shape index (κ3) is 1.92. The molecule has 5 heteroatoms. The van der Waals surface area contributed by atoms with E-state index in [0.717, 1.165) is 5.69 Å². The zero-order valence-electron chi connectivity index (χ0n) is 8.51. The first-order valence-corrected chi connectivity index (χ1v) is 5.01. The van der Waals surface area contributed by atoms with Crippen LogP contribution in [0.4, 0.5) is 0 Å². The number of aromatic carboxylic acids is 1. The van der Waals surface area contributed by atoms with Gasteiger partial charge < -0.3 is 5.11 Å². The maximum Gasteiger partial charge on any atom is 0.337 e. The summed E-state index contributed by atoms with van der Waals surface area (Å²) >= 11 is 5.76. The third-order valence-electron chi connectivity index (χ3n) is 2.16. The summed E-state index contributed by atoms with van der Waals surface area (Å²) in [7, 11) is 0. The van der Waals surface area contributed by atoms with Gasteiger partial charge in [0.05, 0.1) is 16.9 Å². The Morgan fingerprint density at radius 1 is 1.44 bits per heavy atom. The van der Waals surface area contributed by atoms with E-state index in [1.54, 1.807) is 24.4 Å². The summed E-state index contributed by atoms with van der Waals surface area (Å²) < 4.78 is 1.52. The summed E-state index contributed by atoms with van der Waals surface area (Å²) in [6.45, 7) is 1.84. The number of aryl methyl sites for hydroxylation is 1. The second kappa shape index (κ2) is 3.98. The molecule has 1 heterocycles. The molecule has 4 nitrogen and oxygen atoms in total. The normalized spacial score (nSPS) is 10.4. The van der Waals surface area contributed by atoms with Crippen LogP contribution in [-0.4, -0.2) is 20.9 Å². The molecule has 0 amide bonds. The highest BCUT2D eigenvalue weighted by Gasteiger charge is 2.12. The van der Waals surface area contributed by atoms with Gasteiger partial charge in [0, 0.05) is 11.2 Å². The number of nitrogens with zero attached hydrogens (tertiary/aromatic N) is 2. The van der Waals surface area contributed by atoms with Gasteiger partial charge in [-0.25, -0.2) is 9.48 Å². The molecular formula is C11H9ClN2O2. The largest absolute Gasteiger partial charge is 0.478 e. The molecule has 16 heavy (non-hydrogen) atoms. The maximum absolute atomic E-state index is 11.1. The Morgan fingerprint density at radius 2 is 2.19 bits per heavy atom. The Labute approximate surface area is 97.1 Å². The van der Waals surface area contributed by atoms with E-state index in [0.29, 0.717) is 10.7 Å². The Bertz CT molecular complexity index is 549. The van der Waals surface area contributed by atoms with Gasteiger partial charge in [-0.3, -0.25) is 0 Å². The van der Waals surface area contributed by atoms with Crippen molar-refractivity contribution < 1.29 is 9.90 Å². The molecule has 2 rings (SSSR count). The lowest BCUT2D eigenvalue weighted by Gasteiger charge is -2.06. The van der Waals surface area contributed by atoms with Gasteiger partial charge in [-0.2, -0.15) is 5.10 Å². The first kappa shape index (κ1) is 10.7. The van der Waals surface area contributed by atoms with Crippen molar-refractivity contribution >= 4 is 17.6 Å². The molecular weight excluding hydrogens is 228 g/mol. The first-order chi connectivity index (χ1) is 7.58. The Morgan fingerprint density at radius 3 is 2.75 bits per heavy atom. The molecule has 0 fully saturated rings. The van der Waals surface area contributed by atoms with E-state index < -0.39 is 5.97 Å². The van der Waals surface area contributed by atoms with Crippen LogP contribution >= 0.6 is 11.6 Å². The quantitative estimate of drug-likeness (QED) is 0.872. The summed E-state index contributed by atoms with van der Waals surface area (Å²) in [5, 5.41) is 13.6. The van der Waals surface area contributed by atoms with Crippen LogP contribution in [0.5, 0.6) is 0 Å². The summed E-state index contributed by atoms with van der Waals surface area (Å²) in [5.41, 5.74) is 1.46. The third-order valence-corrected chi connectivity index (χ3v) is 2.39. The smallest absolute Gasteiger partial charge is 0.337 e. The number of aromatic nitrogens is 2.